The van der Waals surface area contributed by atoms with Gasteiger partial charge >= 0.3 is 6.09 Å². The van der Waals surface area contributed by atoms with Crippen LogP contribution in [0.15, 0.2) is 84.9 Å². The Kier molecular flexibility index (Phi) is 8.90. The number of imide groups is 1. The Morgan fingerprint density at radius 2 is 1.46 bits per heavy atom. The first-order chi connectivity index (χ1) is 22.1. The largest absolute Gasteiger partial charge is 0.442 e. The molecule has 3 heterocycles. The van der Waals surface area contributed by atoms with Crippen molar-refractivity contribution >= 4 is 23.8 Å². The van der Waals surface area contributed by atoms with Crippen LogP contribution >= 0.6 is 0 Å². The van der Waals surface area contributed by atoms with Gasteiger partial charge in [0, 0.05) is 12.1 Å². The molecule has 0 aromatic heterocycles. The van der Waals surface area contributed by atoms with E-state index < -0.39 is 54.1 Å². The van der Waals surface area contributed by atoms with Gasteiger partial charge in [-0.2, -0.15) is 0 Å². The van der Waals surface area contributed by atoms with Crippen LogP contribution in [0.4, 0.5) is 4.79 Å². The minimum Gasteiger partial charge on any atom is -0.442 e. The van der Waals surface area contributed by atoms with Crippen LogP contribution in [0.1, 0.15) is 71.7 Å². The predicted octanol–water partition coefficient (Wildman–Crippen LogP) is 5.08. The molecule has 11 heteroatoms. The lowest BCUT2D eigenvalue weighted by molar-refractivity contribution is -0.410. The quantitative estimate of drug-likeness (QED) is 0.318. The van der Waals surface area contributed by atoms with Crippen LogP contribution in [0.5, 0.6) is 0 Å². The molecule has 0 saturated carbocycles. The van der Waals surface area contributed by atoms with Crippen LogP contribution in [0.25, 0.3) is 0 Å². The zero-order chi connectivity index (χ0) is 32.4. The van der Waals surface area contributed by atoms with Crippen LogP contribution in [0.3, 0.4) is 0 Å². The highest BCUT2D eigenvalue weighted by molar-refractivity contribution is 6.22. The third-order valence-electron chi connectivity index (χ3n) is 7.98. The zero-order valence-electron chi connectivity index (χ0n) is 26.0. The first kappa shape index (κ1) is 31.4. The SMILES string of the molecule is CC(C)(C)OC(=O)N1CCC[C@H](C2OC(c3ccccc3)O2)N1C(=O)[C@H](COCc1ccccc1)N1C(=O)c2ccccc2C1=O. The topological polar surface area (TPSA) is 115 Å². The number of hydrogen-bond acceptors (Lipinski definition) is 8. The number of hydrogen-bond donors (Lipinski definition) is 0. The lowest BCUT2D eigenvalue weighted by Gasteiger charge is -2.50. The van der Waals surface area contributed by atoms with Crippen LogP contribution in [0.2, 0.25) is 0 Å². The van der Waals surface area contributed by atoms with E-state index in [-0.39, 0.29) is 30.9 Å². The number of carbonyl (C=O) groups is 4. The molecule has 3 aliphatic heterocycles. The van der Waals surface area contributed by atoms with Crippen molar-refractivity contribution in [2.75, 3.05) is 13.2 Å². The fourth-order valence-electron chi connectivity index (χ4n) is 5.85. The molecule has 0 spiro atoms. The molecular formula is C35H37N3O8. The Labute approximate surface area is 267 Å². The summed E-state index contributed by atoms with van der Waals surface area (Å²) in [7, 11) is 0. The van der Waals surface area contributed by atoms with Gasteiger partial charge in [0.05, 0.1) is 24.3 Å². The first-order valence-corrected chi connectivity index (χ1v) is 15.4. The highest BCUT2D eigenvalue weighted by atomic mass is 16.9. The van der Waals surface area contributed by atoms with E-state index in [4.69, 9.17) is 18.9 Å². The molecule has 0 N–H and O–H groups in total. The second-order valence-electron chi connectivity index (χ2n) is 12.4. The van der Waals surface area contributed by atoms with E-state index in [1.54, 1.807) is 45.0 Å². The Hall–Kier alpha value is -4.58. The molecule has 4 amide bonds. The highest BCUT2D eigenvalue weighted by Crippen LogP contribution is 2.38. The summed E-state index contributed by atoms with van der Waals surface area (Å²) < 4.78 is 24.0. The van der Waals surface area contributed by atoms with Crippen molar-refractivity contribution < 1.29 is 38.1 Å². The zero-order valence-corrected chi connectivity index (χ0v) is 26.0. The molecule has 46 heavy (non-hydrogen) atoms. The minimum absolute atomic E-state index is 0.139. The minimum atomic E-state index is -1.40. The maximum Gasteiger partial charge on any atom is 0.429 e. The molecule has 0 bridgehead atoms. The van der Waals surface area contributed by atoms with Crippen molar-refractivity contribution in [1.82, 2.24) is 14.9 Å². The maximum absolute atomic E-state index is 14.8. The van der Waals surface area contributed by atoms with Crippen molar-refractivity contribution in [3.8, 4) is 0 Å². The van der Waals surface area contributed by atoms with Gasteiger partial charge in [0.1, 0.15) is 17.7 Å². The van der Waals surface area contributed by atoms with Gasteiger partial charge in [0.15, 0.2) is 12.6 Å². The number of fused-ring (bicyclic) bond motifs is 1. The number of hydrazine groups is 1. The van der Waals surface area contributed by atoms with Crippen molar-refractivity contribution in [2.24, 2.45) is 0 Å². The molecule has 2 saturated heterocycles. The van der Waals surface area contributed by atoms with Crippen molar-refractivity contribution in [1.29, 1.82) is 0 Å². The van der Waals surface area contributed by atoms with Gasteiger partial charge < -0.3 is 18.9 Å². The maximum atomic E-state index is 14.8. The Morgan fingerprint density at radius 3 is 2.07 bits per heavy atom. The fourth-order valence-corrected chi connectivity index (χ4v) is 5.85. The van der Waals surface area contributed by atoms with Gasteiger partial charge in [-0.3, -0.25) is 19.3 Å². The number of benzene rings is 3. The van der Waals surface area contributed by atoms with Crippen LogP contribution in [0, 0.1) is 0 Å². The molecule has 240 valence electrons. The Bertz CT molecular complexity index is 1550. The molecule has 0 aliphatic carbocycles. The Morgan fingerprint density at radius 1 is 0.870 bits per heavy atom. The molecule has 3 aliphatic rings. The third-order valence-corrected chi connectivity index (χ3v) is 7.98. The number of carbonyl (C=O) groups excluding carboxylic acids is 4. The molecular weight excluding hydrogens is 590 g/mol. The van der Waals surface area contributed by atoms with Crippen molar-refractivity contribution in [3.05, 3.63) is 107 Å². The van der Waals surface area contributed by atoms with Gasteiger partial charge in [0.25, 0.3) is 17.7 Å². The van der Waals surface area contributed by atoms with Crippen LogP contribution in [-0.4, -0.2) is 75.9 Å². The summed E-state index contributed by atoms with van der Waals surface area (Å²) in [4.78, 5) is 56.7. The van der Waals surface area contributed by atoms with Crippen molar-refractivity contribution in [2.45, 2.75) is 70.5 Å². The first-order valence-electron chi connectivity index (χ1n) is 15.4. The molecule has 11 nitrogen and oxygen atoms in total. The summed E-state index contributed by atoms with van der Waals surface area (Å²) in [5, 5.41) is 2.48. The van der Waals surface area contributed by atoms with E-state index in [0.29, 0.717) is 12.8 Å². The molecule has 3 aromatic carbocycles. The van der Waals surface area contributed by atoms with Gasteiger partial charge in [-0.15, -0.1) is 0 Å². The molecule has 2 fully saturated rings. The van der Waals surface area contributed by atoms with E-state index in [1.165, 1.54) is 10.0 Å². The summed E-state index contributed by atoms with van der Waals surface area (Å²) in [6, 6.07) is 23.0. The summed E-state index contributed by atoms with van der Waals surface area (Å²) in [5.74, 6) is -1.91. The standard InChI is InChI=1S/C35H37N3O8/c1-35(2,3)46-34(42)36-20-12-19-27(33-44-32(45-33)24-15-8-5-9-16-24)38(36)31(41)28(22-43-21-23-13-6-4-7-14-23)37-29(39)25-17-10-11-18-26(25)30(37)40/h4-11,13-18,27-28,32-33H,12,19-22H2,1-3H3/t27-,28+,32?,33?/m1/s1. The van der Waals surface area contributed by atoms with Gasteiger partial charge in [-0.1, -0.05) is 72.8 Å². The number of ether oxygens (including phenoxy) is 4. The van der Waals surface area contributed by atoms with Crippen LogP contribution in [-0.2, 0) is 30.3 Å². The lowest BCUT2D eigenvalue weighted by atomic mass is 10.0. The number of nitrogens with zero attached hydrogens (tertiary/aromatic N) is 3. The van der Waals surface area contributed by atoms with E-state index in [9.17, 15) is 19.2 Å². The van der Waals surface area contributed by atoms with Gasteiger partial charge in [-0.05, 0) is 51.3 Å². The monoisotopic (exact) mass is 627 g/mol. The Balaban J connectivity index is 1.32. The highest BCUT2D eigenvalue weighted by Gasteiger charge is 2.52. The van der Waals surface area contributed by atoms with E-state index >= 15 is 0 Å². The molecule has 2 atom stereocenters. The summed E-state index contributed by atoms with van der Waals surface area (Å²) in [5.41, 5.74) is 1.22. The average molecular weight is 628 g/mol. The molecule has 0 unspecified atom stereocenters. The van der Waals surface area contributed by atoms with Gasteiger partial charge in [0.2, 0.25) is 0 Å². The summed E-state index contributed by atoms with van der Waals surface area (Å²) in [6.45, 7) is 5.22. The van der Waals surface area contributed by atoms with Gasteiger partial charge in [-0.25, -0.2) is 14.8 Å². The lowest BCUT2D eigenvalue weighted by Crippen LogP contribution is -2.67. The molecule has 3 aromatic rings. The predicted molar refractivity (Wildman–Crippen MR) is 165 cm³/mol. The normalized spacial score (nSPS) is 21.9. The second-order valence-corrected chi connectivity index (χ2v) is 12.4. The van der Waals surface area contributed by atoms with Crippen LogP contribution < -0.4 is 0 Å². The molecule has 0 radical (unpaired) electrons. The smallest absolute Gasteiger partial charge is 0.429 e. The number of rotatable bonds is 8. The second kappa shape index (κ2) is 13.0. The molecule has 6 rings (SSSR count). The third kappa shape index (κ3) is 6.39. The van der Waals surface area contributed by atoms with E-state index in [0.717, 1.165) is 16.0 Å². The van der Waals surface area contributed by atoms with E-state index in [2.05, 4.69) is 0 Å². The number of amides is 4. The fraction of sp³-hybridized carbons (Fsp3) is 0.371. The van der Waals surface area contributed by atoms with E-state index in [1.807, 2.05) is 60.7 Å². The van der Waals surface area contributed by atoms with Crippen molar-refractivity contribution in [3.63, 3.8) is 0 Å². The summed E-state index contributed by atoms with van der Waals surface area (Å²) in [6.07, 6.45) is -1.27. The summed E-state index contributed by atoms with van der Waals surface area (Å²) >= 11 is 0. The average Bonchev–Trinajstić information content (AvgIpc) is 3.27.